The number of anilines is 3. The Morgan fingerprint density at radius 3 is 2.75 bits per heavy atom. The van der Waals surface area contributed by atoms with Crippen LogP contribution in [0.3, 0.4) is 0 Å². The topological polar surface area (TPSA) is 148 Å². The minimum absolute atomic E-state index is 0.0762. The van der Waals surface area contributed by atoms with Gasteiger partial charge in [0.15, 0.2) is 11.5 Å². The van der Waals surface area contributed by atoms with E-state index >= 15 is 0 Å². The maximum absolute atomic E-state index is 12.2. The fraction of sp³-hybridized carbons (Fsp3) is 0.520. The summed E-state index contributed by atoms with van der Waals surface area (Å²) in [4.78, 5) is 32.1. The number of likely N-dealkylation sites (N-methyl/N-ethyl adjacent to an activating group) is 1. The second kappa shape index (κ2) is 10.3. The highest BCUT2D eigenvalue weighted by Gasteiger charge is 2.38. The van der Waals surface area contributed by atoms with Crippen LogP contribution in [0.4, 0.5) is 22.2 Å². The molecule has 0 bridgehead atoms. The first-order valence-corrected chi connectivity index (χ1v) is 12.3. The lowest BCUT2D eigenvalue weighted by Crippen LogP contribution is -2.44. The minimum Gasteiger partial charge on any atom is -0.387 e. The average Bonchev–Trinajstić information content (AvgIpc) is 3.42. The molecule has 4 rings (SSSR count). The summed E-state index contributed by atoms with van der Waals surface area (Å²) in [5.41, 5.74) is 8.28. The van der Waals surface area contributed by atoms with Crippen molar-refractivity contribution in [2.75, 3.05) is 55.7 Å². The van der Waals surface area contributed by atoms with E-state index in [1.807, 2.05) is 36.2 Å². The fourth-order valence-electron chi connectivity index (χ4n) is 4.59. The van der Waals surface area contributed by atoms with Crippen LogP contribution in [0, 0.1) is 0 Å². The lowest BCUT2D eigenvalue weighted by atomic mass is 9.87. The van der Waals surface area contributed by atoms with E-state index in [0.29, 0.717) is 44.1 Å². The molecule has 0 spiro atoms. The third-order valence-corrected chi connectivity index (χ3v) is 6.49. The Morgan fingerprint density at radius 2 is 2.03 bits per heavy atom. The molecule has 2 amide bonds. The van der Waals surface area contributed by atoms with Crippen LogP contribution in [-0.4, -0.2) is 81.3 Å². The molecule has 2 aromatic heterocycles. The summed E-state index contributed by atoms with van der Waals surface area (Å²) < 4.78 is 0. The molecule has 6 N–H and O–H groups in total. The van der Waals surface area contributed by atoms with Crippen molar-refractivity contribution in [2.45, 2.75) is 44.6 Å². The number of urea groups is 1. The van der Waals surface area contributed by atoms with Crippen LogP contribution >= 0.6 is 0 Å². The molecule has 1 fully saturated rings. The van der Waals surface area contributed by atoms with Gasteiger partial charge < -0.3 is 36.3 Å². The third-order valence-electron chi connectivity index (χ3n) is 6.49. The first kappa shape index (κ1) is 25.6. The molecule has 1 saturated heterocycles. The molecule has 0 aliphatic carbocycles. The highest BCUT2D eigenvalue weighted by Crippen LogP contribution is 2.30. The molecule has 3 aromatic rings. The van der Waals surface area contributed by atoms with E-state index in [1.165, 1.54) is 5.56 Å². The van der Waals surface area contributed by atoms with E-state index in [2.05, 4.69) is 56.2 Å². The van der Waals surface area contributed by atoms with Crippen molar-refractivity contribution in [3.8, 4) is 0 Å². The fourth-order valence-corrected chi connectivity index (χ4v) is 4.59. The molecule has 36 heavy (non-hydrogen) atoms. The standard InChI is InChI=1S/C25H37N9O2/c1-24(2,3)17-6-8-18(9-7-17)30-23(35)27-11-5-12-33(4)14-25(36)10-13-34(15-25)21-19-20(29-16-28-19)31-22(26)32-21/h6-9,16,36H,5,10-15H2,1-4H3,(H2,27,30,35)(H3,26,28,29,31,32). The monoisotopic (exact) mass is 495 g/mol. The Kier molecular flexibility index (Phi) is 7.32. The van der Waals surface area contributed by atoms with Gasteiger partial charge in [-0.3, -0.25) is 0 Å². The van der Waals surface area contributed by atoms with Crippen LogP contribution in [0.1, 0.15) is 39.2 Å². The Balaban J connectivity index is 1.20. The number of fused-ring (bicyclic) bond motifs is 1. The van der Waals surface area contributed by atoms with Gasteiger partial charge in [0.2, 0.25) is 5.95 Å². The number of rotatable bonds is 8. The molecule has 194 valence electrons. The Bertz CT molecular complexity index is 1190. The van der Waals surface area contributed by atoms with Gasteiger partial charge in [-0.2, -0.15) is 9.97 Å². The van der Waals surface area contributed by atoms with Crippen molar-refractivity contribution in [1.29, 1.82) is 0 Å². The summed E-state index contributed by atoms with van der Waals surface area (Å²) in [6.45, 7) is 9.38. The maximum Gasteiger partial charge on any atom is 0.319 e. The zero-order valence-electron chi connectivity index (χ0n) is 21.5. The number of aliphatic hydroxyl groups is 1. The third kappa shape index (κ3) is 6.21. The average molecular weight is 496 g/mol. The van der Waals surface area contributed by atoms with Crippen molar-refractivity contribution >= 4 is 34.6 Å². The largest absolute Gasteiger partial charge is 0.387 e. The quantitative estimate of drug-likeness (QED) is 0.299. The van der Waals surface area contributed by atoms with Gasteiger partial charge >= 0.3 is 6.03 Å². The minimum atomic E-state index is -0.870. The Morgan fingerprint density at radius 1 is 1.28 bits per heavy atom. The lowest BCUT2D eigenvalue weighted by Gasteiger charge is -2.29. The SMILES string of the molecule is CN(CCCNC(=O)Nc1ccc(C(C)(C)C)cc1)CC1(O)CCN(c2nc(N)nc3nc[nH]c23)C1. The number of aromatic amines is 1. The number of carbonyl (C=O) groups excluding carboxylic acids is 1. The van der Waals surface area contributed by atoms with E-state index in [9.17, 15) is 9.90 Å². The van der Waals surface area contributed by atoms with Crippen LogP contribution in [0.2, 0.25) is 0 Å². The van der Waals surface area contributed by atoms with Gasteiger partial charge in [-0.25, -0.2) is 9.78 Å². The molecule has 0 saturated carbocycles. The molecule has 11 nitrogen and oxygen atoms in total. The van der Waals surface area contributed by atoms with Crippen molar-refractivity contribution < 1.29 is 9.90 Å². The molecular weight excluding hydrogens is 458 g/mol. The molecular formula is C25H37N9O2. The van der Waals surface area contributed by atoms with E-state index < -0.39 is 5.60 Å². The molecule has 0 radical (unpaired) electrons. The smallest absolute Gasteiger partial charge is 0.319 e. The highest BCUT2D eigenvalue weighted by atomic mass is 16.3. The van der Waals surface area contributed by atoms with E-state index in [1.54, 1.807) is 6.33 Å². The summed E-state index contributed by atoms with van der Waals surface area (Å²) in [5.74, 6) is 0.826. The maximum atomic E-state index is 12.2. The Hall–Kier alpha value is -3.44. The number of H-pyrrole nitrogens is 1. The van der Waals surface area contributed by atoms with E-state index in [0.717, 1.165) is 24.2 Å². The zero-order valence-corrected chi connectivity index (χ0v) is 21.5. The second-order valence-electron chi connectivity index (χ2n) is 10.7. The van der Waals surface area contributed by atoms with Crippen LogP contribution in [0.15, 0.2) is 30.6 Å². The molecule has 1 aromatic carbocycles. The molecule has 1 unspecified atom stereocenters. The first-order chi connectivity index (χ1) is 17.0. The summed E-state index contributed by atoms with van der Waals surface area (Å²) in [6.07, 6.45) is 2.95. The highest BCUT2D eigenvalue weighted by molar-refractivity contribution is 5.89. The van der Waals surface area contributed by atoms with Gasteiger partial charge in [-0.15, -0.1) is 0 Å². The van der Waals surface area contributed by atoms with Gasteiger partial charge in [0, 0.05) is 31.9 Å². The summed E-state index contributed by atoms with van der Waals surface area (Å²) >= 11 is 0. The van der Waals surface area contributed by atoms with E-state index in [4.69, 9.17) is 5.73 Å². The summed E-state index contributed by atoms with van der Waals surface area (Å²) in [7, 11) is 1.98. The number of hydrogen-bond donors (Lipinski definition) is 5. The number of nitrogens with one attached hydrogen (secondary N) is 3. The summed E-state index contributed by atoms with van der Waals surface area (Å²) in [5, 5.41) is 17.0. The van der Waals surface area contributed by atoms with Gasteiger partial charge in [-0.1, -0.05) is 32.9 Å². The molecule has 3 heterocycles. The first-order valence-electron chi connectivity index (χ1n) is 12.3. The molecule has 1 aliphatic heterocycles. The number of nitrogens with zero attached hydrogens (tertiary/aromatic N) is 5. The van der Waals surface area contributed by atoms with Crippen molar-refractivity contribution in [3.63, 3.8) is 0 Å². The van der Waals surface area contributed by atoms with Crippen molar-refractivity contribution in [3.05, 3.63) is 36.2 Å². The second-order valence-corrected chi connectivity index (χ2v) is 10.7. The van der Waals surface area contributed by atoms with Crippen molar-refractivity contribution in [2.24, 2.45) is 0 Å². The number of amides is 2. The number of aromatic nitrogens is 4. The number of hydrogen-bond acceptors (Lipinski definition) is 8. The predicted molar refractivity (Wildman–Crippen MR) is 142 cm³/mol. The van der Waals surface area contributed by atoms with Crippen LogP contribution in [0.25, 0.3) is 11.2 Å². The normalized spacial score (nSPS) is 18.2. The van der Waals surface area contributed by atoms with Crippen LogP contribution < -0.4 is 21.3 Å². The van der Waals surface area contributed by atoms with Crippen LogP contribution in [0.5, 0.6) is 0 Å². The lowest BCUT2D eigenvalue weighted by molar-refractivity contribution is 0.0298. The predicted octanol–water partition coefficient (Wildman–Crippen LogP) is 2.32. The van der Waals surface area contributed by atoms with Gasteiger partial charge in [0.1, 0.15) is 5.52 Å². The van der Waals surface area contributed by atoms with E-state index in [-0.39, 0.29) is 17.4 Å². The Labute approximate surface area is 211 Å². The molecule has 1 aliphatic rings. The number of imidazole rings is 1. The van der Waals surface area contributed by atoms with Gasteiger partial charge in [0.05, 0.1) is 11.9 Å². The van der Waals surface area contributed by atoms with Crippen molar-refractivity contribution in [1.82, 2.24) is 30.2 Å². The number of carbonyl (C=O) groups is 1. The van der Waals surface area contributed by atoms with Gasteiger partial charge in [0.25, 0.3) is 0 Å². The number of β-amino-alcohol motifs (C(OH)–C–C–N with tert-alkyl or cyclic N) is 1. The van der Waals surface area contributed by atoms with Gasteiger partial charge in [-0.05, 0) is 49.5 Å². The number of nitrogen functional groups attached to an aromatic ring is 1. The zero-order chi connectivity index (χ0) is 25.9. The number of nitrogens with two attached hydrogens (primary N) is 1. The summed E-state index contributed by atoms with van der Waals surface area (Å²) in [6, 6.07) is 7.70. The number of benzene rings is 1. The molecule has 11 heteroatoms. The van der Waals surface area contributed by atoms with Crippen LogP contribution in [-0.2, 0) is 5.41 Å². The molecule has 1 atom stereocenters.